The molecule has 1 aromatic carbocycles. The Labute approximate surface area is 103 Å². The molecular weight excluding hydrogens is 212 g/mol. The Morgan fingerprint density at radius 2 is 1.88 bits per heavy atom. The largest absolute Gasteiger partial charge is 0.310 e. The SMILES string of the molecule is CN(C)CCN1C(=O)C(C)(C)c2ccccc21. The normalized spacial score (nSPS) is 17.7. The number of carbonyl (C=O) groups is 1. The van der Waals surface area contributed by atoms with Crippen molar-refractivity contribution in [3.05, 3.63) is 29.8 Å². The number of hydrogen-bond donors (Lipinski definition) is 0. The van der Waals surface area contributed by atoms with Gasteiger partial charge in [-0.2, -0.15) is 0 Å². The molecule has 1 aliphatic rings. The van der Waals surface area contributed by atoms with Gasteiger partial charge in [-0.05, 0) is 39.6 Å². The zero-order chi connectivity index (χ0) is 12.6. The van der Waals surface area contributed by atoms with E-state index in [1.165, 1.54) is 0 Å². The van der Waals surface area contributed by atoms with E-state index >= 15 is 0 Å². The maximum Gasteiger partial charge on any atom is 0.237 e. The number of benzene rings is 1. The lowest BCUT2D eigenvalue weighted by Gasteiger charge is -2.22. The molecular formula is C14H20N2O. The Bertz CT molecular complexity index is 438. The first-order chi connectivity index (χ1) is 7.94. The summed E-state index contributed by atoms with van der Waals surface area (Å²) in [5.74, 6) is 0.209. The van der Waals surface area contributed by atoms with E-state index in [4.69, 9.17) is 0 Å². The molecule has 92 valence electrons. The summed E-state index contributed by atoms with van der Waals surface area (Å²) >= 11 is 0. The minimum atomic E-state index is -0.386. The Balaban J connectivity index is 2.33. The number of nitrogens with zero attached hydrogens (tertiary/aromatic N) is 2. The van der Waals surface area contributed by atoms with E-state index < -0.39 is 0 Å². The van der Waals surface area contributed by atoms with Crippen LogP contribution in [0.2, 0.25) is 0 Å². The van der Waals surface area contributed by atoms with E-state index in [1.54, 1.807) is 0 Å². The minimum Gasteiger partial charge on any atom is -0.310 e. The van der Waals surface area contributed by atoms with Crippen molar-refractivity contribution in [3.63, 3.8) is 0 Å². The van der Waals surface area contributed by atoms with Crippen molar-refractivity contribution in [2.24, 2.45) is 0 Å². The number of rotatable bonds is 3. The molecule has 1 amide bonds. The molecule has 0 spiro atoms. The third-order valence-electron chi connectivity index (χ3n) is 3.42. The molecule has 0 aromatic heterocycles. The molecule has 2 rings (SSSR count). The molecule has 1 aliphatic heterocycles. The van der Waals surface area contributed by atoms with Crippen LogP contribution in [0.3, 0.4) is 0 Å². The summed E-state index contributed by atoms with van der Waals surface area (Å²) in [5.41, 5.74) is 1.83. The zero-order valence-corrected chi connectivity index (χ0v) is 11.0. The summed E-state index contributed by atoms with van der Waals surface area (Å²) in [7, 11) is 4.05. The molecule has 17 heavy (non-hydrogen) atoms. The predicted molar refractivity (Wildman–Crippen MR) is 70.4 cm³/mol. The van der Waals surface area contributed by atoms with Crippen LogP contribution in [-0.4, -0.2) is 38.0 Å². The average molecular weight is 232 g/mol. The Morgan fingerprint density at radius 1 is 1.24 bits per heavy atom. The highest BCUT2D eigenvalue weighted by atomic mass is 16.2. The van der Waals surface area contributed by atoms with E-state index in [2.05, 4.69) is 11.0 Å². The van der Waals surface area contributed by atoms with Gasteiger partial charge in [-0.25, -0.2) is 0 Å². The van der Waals surface area contributed by atoms with Gasteiger partial charge in [0.25, 0.3) is 0 Å². The number of hydrogen-bond acceptors (Lipinski definition) is 2. The molecule has 3 nitrogen and oxygen atoms in total. The number of amides is 1. The second-order valence-corrected chi connectivity index (χ2v) is 5.40. The third kappa shape index (κ3) is 1.95. The fraction of sp³-hybridized carbons (Fsp3) is 0.500. The van der Waals surface area contributed by atoms with Crippen LogP contribution in [0, 0.1) is 0 Å². The van der Waals surface area contributed by atoms with Gasteiger partial charge in [0.05, 0.1) is 5.41 Å². The van der Waals surface area contributed by atoms with Gasteiger partial charge in [-0.15, -0.1) is 0 Å². The number of fused-ring (bicyclic) bond motifs is 1. The van der Waals surface area contributed by atoms with Gasteiger partial charge < -0.3 is 9.80 Å². The first kappa shape index (κ1) is 12.1. The quantitative estimate of drug-likeness (QED) is 0.794. The van der Waals surface area contributed by atoms with Gasteiger partial charge in [0.1, 0.15) is 0 Å². The average Bonchev–Trinajstić information content (AvgIpc) is 2.47. The Hall–Kier alpha value is -1.35. The van der Waals surface area contributed by atoms with E-state index in [0.717, 1.165) is 24.3 Å². The highest BCUT2D eigenvalue weighted by molar-refractivity contribution is 6.07. The molecule has 1 heterocycles. The number of para-hydroxylation sites is 1. The summed E-state index contributed by atoms with van der Waals surface area (Å²) < 4.78 is 0. The van der Waals surface area contributed by atoms with Crippen molar-refractivity contribution in [1.29, 1.82) is 0 Å². The summed E-state index contributed by atoms with van der Waals surface area (Å²) in [6, 6.07) is 8.10. The number of anilines is 1. The van der Waals surface area contributed by atoms with Crippen molar-refractivity contribution in [2.45, 2.75) is 19.3 Å². The van der Waals surface area contributed by atoms with Crippen molar-refractivity contribution < 1.29 is 4.79 Å². The molecule has 1 aromatic rings. The van der Waals surface area contributed by atoms with Crippen molar-refractivity contribution in [1.82, 2.24) is 4.90 Å². The topological polar surface area (TPSA) is 23.6 Å². The zero-order valence-electron chi connectivity index (χ0n) is 11.0. The first-order valence-electron chi connectivity index (χ1n) is 6.01. The van der Waals surface area contributed by atoms with E-state index in [0.29, 0.717) is 0 Å². The second-order valence-electron chi connectivity index (χ2n) is 5.40. The van der Waals surface area contributed by atoms with Crippen molar-refractivity contribution in [2.75, 3.05) is 32.1 Å². The fourth-order valence-corrected chi connectivity index (χ4v) is 2.32. The smallest absolute Gasteiger partial charge is 0.237 e. The van der Waals surface area contributed by atoms with Gasteiger partial charge >= 0.3 is 0 Å². The number of carbonyl (C=O) groups excluding carboxylic acids is 1. The van der Waals surface area contributed by atoms with Crippen molar-refractivity contribution in [3.8, 4) is 0 Å². The standard InChI is InChI=1S/C14H20N2O/c1-14(2)11-7-5-6-8-12(11)16(13(14)17)10-9-15(3)4/h5-8H,9-10H2,1-4H3. The Kier molecular flexibility index (Phi) is 2.96. The van der Waals surface area contributed by atoms with Gasteiger partial charge in [0.2, 0.25) is 5.91 Å². The summed E-state index contributed by atoms with van der Waals surface area (Å²) in [6.07, 6.45) is 0. The Morgan fingerprint density at radius 3 is 2.53 bits per heavy atom. The minimum absolute atomic E-state index is 0.209. The monoisotopic (exact) mass is 232 g/mol. The molecule has 0 N–H and O–H groups in total. The molecule has 0 bridgehead atoms. The molecule has 0 fully saturated rings. The van der Waals surface area contributed by atoms with Crippen molar-refractivity contribution >= 4 is 11.6 Å². The fourth-order valence-electron chi connectivity index (χ4n) is 2.32. The molecule has 0 unspecified atom stereocenters. The van der Waals surface area contributed by atoms with Crippen LogP contribution in [0.15, 0.2) is 24.3 Å². The molecule has 0 radical (unpaired) electrons. The molecule has 0 atom stereocenters. The second kappa shape index (κ2) is 4.15. The first-order valence-corrected chi connectivity index (χ1v) is 6.01. The van der Waals surface area contributed by atoms with Gasteiger partial charge in [-0.1, -0.05) is 18.2 Å². The van der Waals surface area contributed by atoms with Crippen LogP contribution in [0.1, 0.15) is 19.4 Å². The highest BCUT2D eigenvalue weighted by Gasteiger charge is 2.43. The molecule has 0 aliphatic carbocycles. The van der Waals surface area contributed by atoms with Gasteiger partial charge in [0.15, 0.2) is 0 Å². The van der Waals surface area contributed by atoms with Gasteiger partial charge in [0, 0.05) is 18.8 Å². The summed E-state index contributed by atoms with van der Waals surface area (Å²) in [5, 5.41) is 0. The molecule has 0 saturated carbocycles. The molecule has 0 saturated heterocycles. The van der Waals surface area contributed by atoms with E-state index in [9.17, 15) is 4.79 Å². The third-order valence-corrected chi connectivity index (χ3v) is 3.42. The number of likely N-dealkylation sites (N-methyl/N-ethyl adjacent to an activating group) is 1. The van der Waals surface area contributed by atoms with Crippen LogP contribution >= 0.6 is 0 Å². The van der Waals surface area contributed by atoms with Crippen LogP contribution in [0.25, 0.3) is 0 Å². The van der Waals surface area contributed by atoms with Crippen LogP contribution in [0.4, 0.5) is 5.69 Å². The maximum absolute atomic E-state index is 12.4. The maximum atomic E-state index is 12.4. The van der Waals surface area contributed by atoms with E-state index in [-0.39, 0.29) is 11.3 Å². The van der Waals surface area contributed by atoms with Crippen LogP contribution < -0.4 is 4.90 Å². The van der Waals surface area contributed by atoms with E-state index in [1.807, 2.05) is 51.0 Å². The molecule has 3 heteroatoms. The highest BCUT2D eigenvalue weighted by Crippen LogP contribution is 2.40. The van der Waals surface area contributed by atoms with Gasteiger partial charge in [-0.3, -0.25) is 4.79 Å². The summed E-state index contributed by atoms with van der Waals surface area (Å²) in [4.78, 5) is 16.4. The van der Waals surface area contributed by atoms with Crippen LogP contribution in [0.5, 0.6) is 0 Å². The van der Waals surface area contributed by atoms with Crippen LogP contribution in [-0.2, 0) is 10.2 Å². The lowest BCUT2D eigenvalue weighted by atomic mass is 9.86. The lowest BCUT2D eigenvalue weighted by molar-refractivity contribution is -0.122. The lowest BCUT2D eigenvalue weighted by Crippen LogP contribution is -2.39. The predicted octanol–water partition coefficient (Wildman–Crippen LogP) is 1.87. The summed E-state index contributed by atoms with van der Waals surface area (Å²) in [6.45, 7) is 5.65.